The molecule has 25 nitrogen and oxygen atoms in total. The quantitative estimate of drug-likeness (QED) is 0.0185. The van der Waals surface area contributed by atoms with Crippen LogP contribution in [0.5, 0.6) is 5.75 Å². The zero-order valence-electron chi connectivity index (χ0n) is 57.9. The van der Waals surface area contributed by atoms with E-state index in [1.54, 1.807) is 28.8 Å². The van der Waals surface area contributed by atoms with Gasteiger partial charge in [-0.25, -0.2) is 9.78 Å². The average Bonchev–Trinajstić information content (AvgIpc) is 1.51. The van der Waals surface area contributed by atoms with Gasteiger partial charge < -0.3 is 88.4 Å². The maximum atomic E-state index is 14.0. The maximum absolute atomic E-state index is 14.0. The third-order valence-electron chi connectivity index (χ3n) is 16.8. The Kier molecular flexibility index (Phi) is 34.3. The van der Waals surface area contributed by atoms with Gasteiger partial charge in [0, 0.05) is 42.6 Å². The van der Waals surface area contributed by atoms with Gasteiger partial charge >= 0.3 is 12.1 Å². The fourth-order valence-corrected chi connectivity index (χ4v) is 11.1. The standard InChI is InChI=1S/C73H103N7O18/c1-6-57-58-47-56(21-22-62(58)78-67-59(57)49-80-65(67)48-61-60(70(80)84)51-97-71(85)73(61,5)7-2)96-27-13-26-75-72(86)98-50-54-17-19-55(20-18-54)76-68(82)63(16-11-12-25-74)79-69(83)64(46-53-14-9-8-10-15-53)77-66(81)24-29-88-31-33-90-35-37-92-39-41-94-43-45-95-44-42-93-40-38-91-36-34-89-32-30-87-28-23-52(3)4/h8-10,14-15,17-22,47-48,52,63-64H,6-7,11-13,16,23-46,49-51,74H2,1-5H3,(H,75,86)(H,76,82)(H,77,81)(H,79,83)/t63-,64-,73+/m0/s1. The normalized spacial score (nSPS) is 14.5. The number of carbonyl (C=O) groups excluding carboxylic acids is 5. The summed E-state index contributed by atoms with van der Waals surface area (Å²) >= 11 is 0. The summed E-state index contributed by atoms with van der Waals surface area (Å²) in [5, 5.41) is 12.3. The van der Waals surface area contributed by atoms with Crippen LogP contribution >= 0.6 is 0 Å². The fraction of sp³-hybridized carbons (Fsp3) is 0.575. The molecule has 3 aromatic carbocycles. The van der Waals surface area contributed by atoms with Gasteiger partial charge in [-0.2, -0.15) is 0 Å². The van der Waals surface area contributed by atoms with E-state index in [-0.39, 0.29) is 50.8 Å². The smallest absolute Gasteiger partial charge is 0.407 e. The molecular weight excluding hydrogens is 1260 g/mol. The van der Waals surface area contributed by atoms with Gasteiger partial charge in [0.1, 0.15) is 31.0 Å². The molecule has 0 fully saturated rings. The van der Waals surface area contributed by atoms with Crippen molar-refractivity contribution < 1.29 is 80.8 Å². The summed E-state index contributed by atoms with van der Waals surface area (Å²) in [5.74, 6) is -0.400. The van der Waals surface area contributed by atoms with Crippen LogP contribution in [0.3, 0.4) is 0 Å². The number of unbranched alkanes of at least 4 members (excludes halogenated alkanes) is 1. The van der Waals surface area contributed by atoms with Crippen molar-refractivity contribution in [2.24, 2.45) is 11.7 Å². The number of cyclic esters (lactones) is 1. The summed E-state index contributed by atoms with van der Waals surface area (Å²) in [6.07, 6.45) is 3.83. The topological polar surface area (TPSA) is 305 Å². The first-order valence-corrected chi connectivity index (χ1v) is 34.6. The number of pyridine rings is 2. The lowest BCUT2D eigenvalue weighted by molar-refractivity contribution is -0.153. The minimum absolute atomic E-state index is 0.00508. The SMILES string of the molecule is CCc1c2c(nc3ccc(OCCCNC(=O)OCc4ccc(NC(=O)[C@H](CCCCN)NC(=O)[C@H](Cc5ccccc5)NC(=O)CCOCCOCCOCCOCCOCCOCCOCCOCCOCCC(C)C)cc4)cc13)-c1cc3c(c(=O)n1C2)COC(=O)[C@]3(C)CC. The lowest BCUT2D eigenvalue weighted by Gasteiger charge is -2.33. The molecule has 4 amide bonds. The van der Waals surface area contributed by atoms with Crippen molar-refractivity contribution in [3.05, 3.63) is 123 Å². The van der Waals surface area contributed by atoms with Crippen molar-refractivity contribution in [3.8, 4) is 17.1 Å². The molecule has 0 radical (unpaired) electrons. The Labute approximate surface area is 575 Å². The van der Waals surface area contributed by atoms with E-state index in [9.17, 15) is 28.8 Å². The number of hydrogen-bond acceptors (Lipinski definition) is 20. The van der Waals surface area contributed by atoms with Crippen molar-refractivity contribution in [1.29, 1.82) is 0 Å². The van der Waals surface area contributed by atoms with E-state index < -0.39 is 41.3 Å². The number of benzene rings is 3. The van der Waals surface area contributed by atoms with Crippen molar-refractivity contribution in [1.82, 2.24) is 25.5 Å². The number of hydrogen-bond donors (Lipinski definition) is 5. The van der Waals surface area contributed by atoms with Crippen LogP contribution in [0.2, 0.25) is 0 Å². The summed E-state index contributed by atoms with van der Waals surface area (Å²) in [6, 6.07) is 21.9. The molecule has 98 heavy (non-hydrogen) atoms. The Morgan fingerprint density at radius 1 is 0.643 bits per heavy atom. The highest BCUT2D eigenvalue weighted by atomic mass is 16.6. The van der Waals surface area contributed by atoms with E-state index in [1.807, 2.05) is 68.4 Å². The molecule has 5 aromatic rings. The van der Waals surface area contributed by atoms with Crippen molar-refractivity contribution in [2.75, 3.05) is 144 Å². The van der Waals surface area contributed by atoms with Crippen LogP contribution in [0.25, 0.3) is 22.3 Å². The van der Waals surface area contributed by atoms with Gasteiger partial charge in [0.2, 0.25) is 17.7 Å². The monoisotopic (exact) mass is 1370 g/mol. The molecule has 0 saturated heterocycles. The number of aryl methyl sites for hydroxylation is 1. The van der Waals surface area contributed by atoms with Crippen molar-refractivity contribution >= 4 is 46.4 Å². The van der Waals surface area contributed by atoms with Crippen LogP contribution in [0.15, 0.2) is 83.7 Å². The minimum atomic E-state index is -0.991. The number of anilines is 1. The number of ether oxygens (including phenoxy) is 12. The number of nitrogens with one attached hydrogen (secondary N) is 4. The van der Waals surface area contributed by atoms with Crippen LogP contribution in [0, 0.1) is 5.92 Å². The summed E-state index contributed by atoms with van der Waals surface area (Å²) in [6.45, 7) is 19.5. The van der Waals surface area contributed by atoms with E-state index in [1.165, 1.54) is 0 Å². The van der Waals surface area contributed by atoms with Gasteiger partial charge in [-0.1, -0.05) is 70.2 Å². The molecule has 2 aliphatic rings. The van der Waals surface area contributed by atoms with Crippen LogP contribution in [-0.2, 0) is 109 Å². The van der Waals surface area contributed by atoms with Crippen LogP contribution < -0.4 is 37.3 Å². The first-order chi connectivity index (χ1) is 47.7. The van der Waals surface area contributed by atoms with Crippen molar-refractivity contribution in [2.45, 2.75) is 130 Å². The van der Waals surface area contributed by atoms with Crippen LogP contribution in [0.1, 0.15) is 113 Å². The fourth-order valence-electron chi connectivity index (χ4n) is 11.1. The molecule has 4 heterocycles. The molecular formula is C73H103N7O18. The minimum Gasteiger partial charge on any atom is -0.494 e. The lowest BCUT2D eigenvalue weighted by Crippen LogP contribution is -2.53. The maximum Gasteiger partial charge on any atom is 0.407 e. The summed E-state index contributed by atoms with van der Waals surface area (Å²) in [5.41, 5.74) is 12.2. The highest BCUT2D eigenvalue weighted by molar-refractivity contribution is 5.98. The van der Waals surface area contributed by atoms with Gasteiger partial charge in [0.25, 0.3) is 5.56 Å². The van der Waals surface area contributed by atoms with E-state index in [4.69, 9.17) is 67.6 Å². The molecule has 0 aliphatic carbocycles. The van der Waals surface area contributed by atoms with Gasteiger partial charge in [0.05, 0.1) is 153 Å². The molecule has 6 N–H and O–H groups in total. The molecule has 538 valence electrons. The highest BCUT2D eigenvalue weighted by Crippen LogP contribution is 2.41. The number of carbonyl (C=O) groups is 5. The summed E-state index contributed by atoms with van der Waals surface area (Å²) < 4.78 is 68.8. The zero-order valence-corrected chi connectivity index (χ0v) is 57.9. The highest BCUT2D eigenvalue weighted by Gasteiger charge is 2.43. The third kappa shape index (κ3) is 25.4. The Bertz CT molecular complexity index is 3320. The second kappa shape index (κ2) is 43.2. The van der Waals surface area contributed by atoms with Crippen molar-refractivity contribution in [3.63, 3.8) is 0 Å². The second-order valence-corrected chi connectivity index (χ2v) is 24.5. The number of alkyl carbamates (subject to hydrolysis) is 1. The van der Waals surface area contributed by atoms with Gasteiger partial charge in [0.15, 0.2) is 0 Å². The predicted molar refractivity (Wildman–Crippen MR) is 369 cm³/mol. The van der Waals surface area contributed by atoms with Gasteiger partial charge in [-0.05, 0) is 123 Å². The average molecular weight is 1370 g/mol. The van der Waals surface area contributed by atoms with E-state index in [2.05, 4.69) is 42.0 Å². The second-order valence-electron chi connectivity index (χ2n) is 24.5. The molecule has 2 aliphatic heterocycles. The summed E-state index contributed by atoms with van der Waals surface area (Å²) in [4.78, 5) is 85.6. The Balaban J connectivity index is 0.736. The third-order valence-corrected chi connectivity index (χ3v) is 16.8. The van der Waals surface area contributed by atoms with Gasteiger partial charge in [-0.15, -0.1) is 0 Å². The van der Waals surface area contributed by atoms with Crippen LogP contribution in [0.4, 0.5) is 10.5 Å². The summed E-state index contributed by atoms with van der Waals surface area (Å²) in [7, 11) is 0. The molecule has 7 rings (SSSR count). The number of aromatic nitrogens is 2. The Morgan fingerprint density at radius 2 is 1.24 bits per heavy atom. The molecule has 0 bridgehead atoms. The van der Waals surface area contributed by atoms with E-state index in [0.29, 0.717) is 204 Å². The molecule has 3 atom stereocenters. The Morgan fingerprint density at radius 3 is 1.83 bits per heavy atom. The molecule has 0 unspecified atom stereocenters. The number of esters is 1. The van der Waals surface area contributed by atoms with E-state index >= 15 is 0 Å². The number of nitrogens with two attached hydrogens (primary N) is 1. The lowest BCUT2D eigenvalue weighted by atomic mass is 9.76. The number of rotatable bonds is 50. The number of amides is 4. The van der Waals surface area contributed by atoms with E-state index in [0.717, 1.165) is 46.3 Å². The zero-order chi connectivity index (χ0) is 69.7. The molecule has 2 aromatic heterocycles. The molecule has 0 saturated carbocycles. The van der Waals surface area contributed by atoms with Gasteiger partial charge in [-0.3, -0.25) is 24.0 Å². The first-order valence-electron chi connectivity index (χ1n) is 34.6. The first kappa shape index (κ1) is 77.9. The number of fused-ring (bicyclic) bond motifs is 5. The largest absolute Gasteiger partial charge is 0.494 e. The van der Waals surface area contributed by atoms with Crippen LogP contribution in [-0.4, -0.2) is 190 Å². The molecule has 0 spiro atoms. The number of nitrogens with zero attached hydrogens (tertiary/aromatic N) is 2. The molecule has 25 heteroatoms. The Hall–Kier alpha value is -7.43. The predicted octanol–water partition coefficient (Wildman–Crippen LogP) is 7.27.